The van der Waals surface area contributed by atoms with Crippen LogP contribution in [0.1, 0.15) is 45.1 Å². The minimum absolute atomic E-state index is 0.0976. The number of hydrogen-bond donors (Lipinski definition) is 2. The molecule has 8 nitrogen and oxygen atoms in total. The number of benzene rings is 1. The van der Waals surface area contributed by atoms with Crippen molar-refractivity contribution in [2.45, 2.75) is 18.7 Å². The van der Waals surface area contributed by atoms with Crippen molar-refractivity contribution in [3.8, 4) is 5.75 Å². The molecular formula is C26H28N2O6S+2. The first-order valence-corrected chi connectivity index (χ1v) is 12.3. The van der Waals surface area contributed by atoms with Crippen LogP contribution in [-0.4, -0.2) is 30.7 Å². The number of phenolic OH excluding ortho intramolecular Hbond substituents is 1. The van der Waals surface area contributed by atoms with Crippen LogP contribution in [0.15, 0.2) is 53.9 Å². The Morgan fingerprint density at radius 3 is 2.00 bits per heavy atom. The summed E-state index contributed by atoms with van der Waals surface area (Å²) in [5.41, 5.74) is 3.09. The van der Waals surface area contributed by atoms with Crippen LogP contribution < -0.4 is 9.13 Å². The highest BCUT2D eigenvalue weighted by Crippen LogP contribution is 2.29. The van der Waals surface area contributed by atoms with Gasteiger partial charge in [-0.3, -0.25) is 4.55 Å². The molecule has 3 rings (SSSR count). The van der Waals surface area contributed by atoms with Crippen LogP contribution in [0.25, 0.3) is 24.3 Å². The van der Waals surface area contributed by atoms with Crippen molar-refractivity contribution in [2.75, 3.05) is 6.61 Å². The lowest BCUT2D eigenvalue weighted by Gasteiger charge is -2.09. The molecule has 0 bridgehead atoms. The third-order valence-electron chi connectivity index (χ3n) is 5.28. The number of rotatable bonds is 7. The van der Waals surface area contributed by atoms with E-state index in [1.54, 1.807) is 26.2 Å². The van der Waals surface area contributed by atoms with E-state index in [9.17, 15) is 22.9 Å². The number of carbonyl (C=O) groups is 1. The van der Waals surface area contributed by atoms with Crippen molar-refractivity contribution in [3.05, 3.63) is 82.4 Å². The minimum Gasteiger partial charge on any atom is -0.507 e. The van der Waals surface area contributed by atoms with Crippen molar-refractivity contribution in [1.82, 2.24) is 0 Å². The number of esters is 1. The van der Waals surface area contributed by atoms with Crippen LogP contribution in [0.4, 0.5) is 0 Å². The van der Waals surface area contributed by atoms with Gasteiger partial charge in [0.2, 0.25) is 0 Å². The number of phenols is 1. The van der Waals surface area contributed by atoms with Crippen LogP contribution in [0.5, 0.6) is 5.75 Å². The molecule has 182 valence electrons. The molecule has 0 atom stereocenters. The van der Waals surface area contributed by atoms with Gasteiger partial charge in [-0.05, 0) is 31.5 Å². The highest BCUT2D eigenvalue weighted by molar-refractivity contribution is 7.85. The molecule has 9 heteroatoms. The lowest BCUT2D eigenvalue weighted by molar-refractivity contribution is -0.673. The summed E-state index contributed by atoms with van der Waals surface area (Å²) in [7, 11) is -0.922. The number of aryl methyl sites for hydroxylation is 3. The van der Waals surface area contributed by atoms with Crippen LogP contribution in [0, 0.1) is 6.92 Å². The molecule has 0 aliphatic carbocycles. The molecule has 2 N–H and O–H groups in total. The number of hydrogen-bond acceptors (Lipinski definition) is 5. The van der Waals surface area contributed by atoms with Crippen molar-refractivity contribution in [3.63, 3.8) is 0 Å². The summed E-state index contributed by atoms with van der Waals surface area (Å²) in [5.74, 6) is -0.648. The summed E-state index contributed by atoms with van der Waals surface area (Å²) in [6, 6.07) is 6.45. The summed E-state index contributed by atoms with van der Waals surface area (Å²) >= 11 is 0. The largest absolute Gasteiger partial charge is 0.507 e. The van der Waals surface area contributed by atoms with E-state index in [1.807, 2.05) is 43.1 Å². The minimum atomic E-state index is -4.48. The van der Waals surface area contributed by atoms with Crippen molar-refractivity contribution >= 4 is 40.4 Å². The fraction of sp³-hybridized carbons (Fsp3) is 0.192. The first-order valence-electron chi connectivity index (χ1n) is 10.8. The van der Waals surface area contributed by atoms with E-state index in [0.717, 1.165) is 11.1 Å². The van der Waals surface area contributed by atoms with Crippen molar-refractivity contribution in [2.24, 2.45) is 14.1 Å². The van der Waals surface area contributed by atoms with Gasteiger partial charge >= 0.3 is 16.1 Å². The molecule has 3 aromatic rings. The highest BCUT2D eigenvalue weighted by atomic mass is 32.2. The Hall–Kier alpha value is -3.82. The van der Waals surface area contributed by atoms with Crippen LogP contribution >= 0.6 is 0 Å². The fourth-order valence-electron chi connectivity index (χ4n) is 3.50. The Morgan fingerprint density at radius 1 is 0.943 bits per heavy atom. The molecule has 0 saturated heterocycles. The topological polar surface area (TPSA) is 109 Å². The number of aromatic nitrogens is 2. The number of nitrogens with zero attached hydrogens (tertiary/aromatic N) is 2. The molecule has 35 heavy (non-hydrogen) atoms. The maximum absolute atomic E-state index is 12.5. The van der Waals surface area contributed by atoms with E-state index in [1.165, 1.54) is 41.1 Å². The molecule has 0 unspecified atom stereocenters. The van der Waals surface area contributed by atoms with E-state index in [2.05, 4.69) is 0 Å². The van der Waals surface area contributed by atoms with Gasteiger partial charge in [-0.15, -0.1) is 0 Å². The van der Waals surface area contributed by atoms with Crippen LogP contribution in [0.3, 0.4) is 0 Å². The van der Waals surface area contributed by atoms with Gasteiger partial charge in [0.25, 0.3) is 0 Å². The lowest BCUT2D eigenvalue weighted by atomic mass is 10.0. The van der Waals surface area contributed by atoms with E-state index in [0.29, 0.717) is 5.56 Å². The number of ether oxygens (including phenoxy) is 1. The first kappa shape index (κ1) is 25.8. The smallest absolute Gasteiger partial charge is 0.338 e. The standard InChI is InChI=1S/C26H26N2O6S/c1-5-34-26(30)23-14-21(8-6-19-10-12-27(3)16-18(19)2)25(29)22(15-23)9-7-20-11-13-28(4)17-24(20)35(31,32)33/h6-17H,5H2,1-4H3/p+2. The average Bonchev–Trinajstić information content (AvgIpc) is 2.78. The van der Waals surface area contributed by atoms with Crippen LogP contribution in [0.2, 0.25) is 0 Å². The molecule has 0 fully saturated rings. The Labute approximate surface area is 204 Å². The fourth-order valence-corrected chi connectivity index (χ4v) is 4.23. The summed E-state index contributed by atoms with van der Waals surface area (Å²) in [5, 5.41) is 10.9. The Balaban J connectivity index is 2.10. The monoisotopic (exact) mass is 496 g/mol. The maximum Gasteiger partial charge on any atom is 0.338 e. The number of aromatic hydroxyl groups is 1. The predicted molar refractivity (Wildman–Crippen MR) is 132 cm³/mol. The predicted octanol–water partition coefficient (Wildman–Crippen LogP) is 3.11. The third-order valence-corrected chi connectivity index (χ3v) is 6.18. The van der Waals surface area contributed by atoms with Gasteiger partial charge in [0.05, 0.1) is 12.2 Å². The number of pyridine rings is 2. The summed E-state index contributed by atoms with van der Waals surface area (Å²) in [4.78, 5) is 12.2. The van der Waals surface area contributed by atoms with Gasteiger partial charge in [0, 0.05) is 34.4 Å². The van der Waals surface area contributed by atoms with E-state index in [4.69, 9.17) is 4.74 Å². The highest BCUT2D eigenvalue weighted by Gasteiger charge is 2.19. The van der Waals surface area contributed by atoms with E-state index < -0.39 is 16.1 Å². The maximum atomic E-state index is 12.5. The Kier molecular flexibility index (Phi) is 7.83. The van der Waals surface area contributed by atoms with E-state index in [-0.39, 0.29) is 33.9 Å². The molecular weight excluding hydrogens is 468 g/mol. The molecule has 0 aliphatic rings. The number of carbonyl (C=O) groups excluding carboxylic acids is 1. The van der Waals surface area contributed by atoms with Gasteiger partial charge in [0.15, 0.2) is 29.7 Å². The van der Waals surface area contributed by atoms with Gasteiger partial charge in [-0.2, -0.15) is 8.42 Å². The van der Waals surface area contributed by atoms with Gasteiger partial charge in [0.1, 0.15) is 19.8 Å². The Morgan fingerprint density at radius 2 is 1.46 bits per heavy atom. The second-order valence-corrected chi connectivity index (χ2v) is 9.43. The molecule has 1 aromatic carbocycles. The second-order valence-electron chi connectivity index (χ2n) is 8.04. The zero-order chi connectivity index (χ0) is 25.8. The summed E-state index contributed by atoms with van der Waals surface area (Å²) < 4.78 is 41.8. The zero-order valence-corrected chi connectivity index (χ0v) is 20.8. The van der Waals surface area contributed by atoms with Gasteiger partial charge in [-0.1, -0.05) is 24.3 Å². The third kappa shape index (κ3) is 6.40. The molecule has 0 saturated carbocycles. The van der Waals surface area contributed by atoms with Gasteiger partial charge < -0.3 is 9.84 Å². The molecule has 0 amide bonds. The quantitative estimate of drug-likeness (QED) is 0.296. The van der Waals surface area contributed by atoms with Crippen molar-refractivity contribution < 1.29 is 36.7 Å². The molecule has 0 spiro atoms. The normalized spacial score (nSPS) is 11.9. The lowest BCUT2D eigenvalue weighted by Crippen LogP contribution is -2.28. The zero-order valence-electron chi connectivity index (χ0n) is 20.0. The molecule has 2 heterocycles. The SMILES string of the molecule is CCOC(=O)c1cc(/C=C/c2cc[n+](C)cc2C)c(O)c(/C=C/c2cc[n+](C)cc2S(=O)(=O)O)c1. The molecule has 2 aromatic heterocycles. The average molecular weight is 497 g/mol. The van der Waals surface area contributed by atoms with Gasteiger partial charge in [-0.25, -0.2) is 13.9 Å². The van der Waals surface area contributed by atoms with E-state index >= 15 is 0 Å². The molecule has 0 aliphatic heterocycles. The van der Waals surface area contributed by atoms with Crippen molar-refractivity contribution in [1.29, 1.82) is 0 Å². The van der Waals surface area contributed by atoms with Crippen LogP contribution in [-0.2, 0) is 29.0 Å². The Bertz CT molecular complexity index is 1440. The molecule has 0 radical (unpaired) electrons. The summed E-state index contributed by atoms with van der Waals surface area (Å²) in [6.45, 7) is 3.86. The summed E-state index contributed by atoms with van der Waals surface area (Å²) in [6.07, 6.45) is 13.2. The first-order chi connectivity index (χ1) is 16.5. The second kappa shape index (κ2) is 10.6.